The first-order valence-corrected chi connectivity index (χ1v) is 13.9. The van der Waals surface area contributed by atoms with Gasteiger partial charge in [0.2, 0.25) is 11.8 Å². The molecule has 0 saturated heterocycles. The number of aryl methyl sites for hydroxylation is 1. The van der Waals surface area contributed by atoms with E-state index < -0.39 is 28.5 Å². The molecule has 2 atom stereocenters. The lowest BCUT2D eigenvalue weighted by molar-refractivity contribution is -0.139. The van der Waals surface area contributed by atoms with Crippen molar-refractivity contribution in [2.45, 2.75) is 57.6 Å². The second kappa shape index (κ2) is 12.5. The Kier molecular flexibility index (Phi) is 9.47. The number of benzene rings is 3. The summed E-state index contributed by atoms with van der Waals surface area (Å²) in [4.78, 5) is 28.4. The molecule has 0 unspecified atom stereocenters. The van der Waals surface area contributed by atoms with Gasteiger partial charge >= 0.3 is 0 Å². The predicted molar refractivity (Wildman–Crippen MR) is 147 cm³/mol. The quantitative estimate of drug-likeness (QED) is 0.402. The minimum Gasteiger partial charge on any atom is -0.352 e. The van der Waals surface area contributed by atoms with Gasteiger partial charge in [0.25, 0.3) is 10.0 Å². The Morgan fingerprint density at radius 3 is 2.11 bits per heavy atom. The first-order valence-electron chi connectivity index (χ1n) is 12.4. The fourth-order valence-electron chi connectivity index (χ4n) is 3.86. The third-order valence-electron chi connectivity index (χ3n) is 6.26. The lowest BCUT2D eigenvalue weighted by atomic mass is 10.1. The maximum absolute atomic E-state index is 13.8. The largest absolute Gasteiger partial charge is 0.352 e. The fourth-order valence-corrected chi connectivity index (χ4v) is 5.29. The first-order chi connectivity index (χ1) is 17.6. The third-order valence-corrected chi connectivity index (χ3v) is 8.05. The summed E-state index contributed by atoms with van der Waals surface area (Å²) in [6.07, 6.45) is 0.752. The van der Waals surface area contributed by atoms with Crippen LogP contribution in [-0.4, -0.2) is 43.8 Å². The summed E-state index contributed by atoms with van der Waals surface area (Å²) in [6, 6.07) is 23.5. The summed E-state index contributed by atoms with van der Waals surface area (Å²) in [7, 11) is -4.06. The first kappa shape index (κ1) is 27.9. The van der Waals surface area contributed by atoms with Crippen molar-refractivity contribution in [3.05, 3.63) is 96.1 Å². The van der Waals surface area contributed by atoms with E-state index in [0.29, 0.717) is 5.69 Å². The molecule has 0 aliphatic rings. The summed E-state index contributed by atoms with van der Waals surface area (Å²) >= 11 is 0. The van der Waals surface area contributed by atoms with Gasteiger partial charge in [0.1, 0.15) is 12.6 Å². The molecule has 196 valence electrons. The molecule has 0 aliphatic carbocycles. The molecule has 37 heavy (non-hydrogen) atoms. The van der Waals surface area contributed by atoms with Crippen LogP contribution in [0.1, 0.15) is 38.3 Å². The van der Waals surface area contributed by atoms with Crippen LogP contribution in [0.4, 0.5) is 5.69 Å². The van der Waals surface area contributed by atoms with Crippen LogP contribution in [0.3, 0.4) is 0 Å². The molecule has 0 radical (unpaired) electrons. The number of amides is 2. The molecule has 3 rings (SSSR count). The zero-order valence-electron chi connectivity index (χ0n) is 21.8. The zero-order valence-corrected chi connectivity index (χ0v) is 22.6. The zero-order chi connectivity index (χ0) is 27.0. The molecule has 1 N–H and O–H groups in total. The second-order valence-electron chi connectivity index (χ2n) is 9.16. The van der Waals surface area contributed by atoms with Gasteiger partial charge in [0, 0.05) is 12.6 Å². The van der Waals surface area contributed by atoms with Crippen LogP contribution in [0.15, 0.2) is 89.8 Å². The van der Waals surface area contributed by atoms with Crippen LogP contribution < -0.4 is 9.62 Å². The van der Waals surface area contributed by atoms with Crippen molar-refractivity contribution in [3.63, 3.8) is 0 Å². The Bertz CT molecular complexity index is 1300. The van der Waals surface area contributed by atoms with Gasteiger partial charge in [0.15, 0.2) is 0 Å². The molecule has 2 amide bonds. The van der Waals surface area contributed by atoms with Crippen LogP contribution in [0, 0.1) is 6.92 Å². The molecule has 3 aromatic carbocycles. The molecular weight excluding hydrogens is 486 g/mol. The highest BCUT2D eigenvalue weighted by atomic mass is 32.2. The van der Waals surface area contributed by atoms with E-state index in [1.54, 1.807) is 43.3 Å². The van der Waals surface area contributed by atoms with Gasteiger partial charge < -0.3 is 10.2 Å². The highest BCUT2D eigenvalue weighted by Gasteiger charge is 2.32. The Balaban J connectivity index is 2.00. The number of sulfonamides is 1. The van der Waals surface area contributed by atoms with Crippen molar-refractivity contribution in [2.24, 2.45) is 0 Å². The minimum absolute atomic E-state index is 0.0501. The van der Waals surface area contributed by atoms with Gasteiger partial charge in [-0.05, 0) is 62.6 Å². The molecule has 7 nitrogen and oxygen atoms in total. The second-order valence-corrected chi connectivity index (χ2v) is 11.0. The van der Waals surface area contributed by atoms with E-state index in [1.807, 2.05) is 57.2 Å². The summed E-state index contributed by atoms with van der Waals surface area (Å²) in [5.74, 6) is -0.761. The van der Waals surface area contributed by atoms with Crippen molar-refractivity contribution >= 4 is 27.5 Å². The Morgan fingerprint density at radius 1 is 0.892 bits per heavy atom. The van der Waals surface area contributed by atoms with Crippen LogP contribution >= 0.6 is 0 Å². The standard InChI is InChI=1S/C29H35N3O4S/c1-5-23(3)30-29(34)24(4)31(20-25-14-8-6-9-15-25)28(33)21-32(26-16-12-13-22(2)19-26)37(35,36)27-17-10-7-11-18-27/h6-19,23-24H,5,20-21H2,1-4H3,(H,30,34)/t23-,24-/m1/s1. The lowest BCUT2D eigenvalue weighted by Crippen LogP contribution is -2.52. The Labute approximate surface area is 220 Å². The topological polar surface area (TPSA) is 86.8 Å². The molecule has 0 saturated carbocycles. The molecule has 0 heterocycles. The fraction of sp³-hybridized carbons (Fsp3) is 0.310. The molecule has 0 bridgehead atoms. The van der Waals surface area contributed by atoms with Gasteiger partial charge in [-0.2, -0.15) is 0 Å². The minimum atomic E-state index is -4.06. The van der Waals surface area contributed by atoms with Gasteiger partial charge in [0.05, 0.1) is 10.6 Å². The molecular formula is C29H35N3O4S. The SMILES string of the molecule is CC[C@@H](C)NC(=O)[C@@H](C)N(Cc1ccccc1)C(=O)CN(c1cccc(C)c1)S(=O)(=O)c1ccccc1. The van der Waals surface area contributed by atoms with E-state index >= 15 is 0 Å². The number of hydrogen-bond acceptors (Lipinski definition) is 4. The van der Waals surface area contributed by atoms with Crippen molar-refractivity contribution in [1.29, 1.82) is 0 Å². The van der Waals surface area contributed by atoms with Crippen molar-refractivity contribution in [2.75, 3.05) is 10.8 Å². The van der Waals surface area contributed by atoms with Crippen molar-refractivity contribution in [1.82, 2.24) is 10.2 Å². The number of carbonyl (C=O) groups excluding carboxylic acids is 2. The van der Waals surface area contributed by atoms with Gasteiger partial charge in [-0.3, -0.25) is 13.9 Å². The van der Waals surface area contributed by atoms with E-state index in [-0.39, 0.29) is 23.4 Å². The number of hydrogen-bond donors (Lipinski definition) is 1. The number of anilines is 1. The summed E-state index contributed by atoms with van der Waals surface area (Å²) < 4.78 is 28.6. The maximum Gasteiger partial charge on any atom is 0.264 e. The average molecular weight is 522 g/mol. The molecule has 0 aliphatic heterocycles. The van der Waals surface area contributed by atoms with Crippen LogP contribution in [-0.2, 0) is 26.2 Å². The number of carbonyl (C=O) groups is 2. The van der Waals surface area contributed by atoms with Crippen LogP contribution in [0.25, 0.3) is 0 Å². The normalized spacial score (nSPS) is 12.9. The Morgan fingerprint density at radius 2 is 1.51 bits per heavy atom. The lowest BCUT2D eigenvalue weighted by Gasteiger charge is -2.32. The monoisotopic (exact) mass is 521 g/mol. The van der Waals surface area contributed by atoms with E-state index in [4.69, 9.17) is 0 Å². The van der Waals surface area contributed by atoms with Crippen molar-refractivity contribution < 1.29 is 18.0 Å². The van der Waals surface area contributed by atoms with E-state index in [1.165, 1.54) is 17.0 Å². The van der Waals surface area contributed by atoms with Gasteiger partial charge in [-0.25, -0.2) is 8.42 Å². The smallest absolute Gasteiger partial charge is 0.264 e. The van der Waals surface area contributed by atoms with Crippen molar-refractivity contribution in [3.8, 4) is 0 Å². The molecule has 0 fully saturated rings. The summed E-state index contributed by atoms with van der Waals surface area (Å²) in [5, 5.41) is 2.93. The average Bonchev–Trinajstić information content (AvgIpc) is 2.90. The summed E-state index contributed by atoms with van der Waals surface area (Å²) in [5.41, 5.74) is 2.08. The molecule has 0 spiro atoms. The van der Waals surface area contributed by atoms with Crippen LogP contribution in [0.5, 0.6) is 0 Å². The van der Waals surface area contributed by atoms with Crippen LogP contribution in [0.2, 0.25) is 0 Å². The van der Waals surface area contributed by atoms with Gasteiger partial charge in [-0.1, -0.05) is 67.6 Å². The number of nitrogens with one attached hydrogen (secondary N) is 1. The predicted octanol–water partition coefficient (Wildman–Crippen LogP) is 4.52. The molecule has 8 heteroatoms. The van der Waals surface area contributed by atoms with Gasteiger partial charge in [-0.15, -0.1) is 0 Å². The van der Waals surface area contributed by atoms with E-state index in [2.05, 4.69) is 5.32 Å². The third kappa shape index (κ3) is 7.20. The maximum atomic E-state index is 13.8. The highest BCUT2D eigenvalue weighted by Crippen LogP contribution is 2.25. The number of nitrogens with zero attached hydrogens (tertiary/aromatic N) is 2. The Hall–Kier alpha value is -3.65. The number of rotatable bonds is 11. The molecule has 0 aromatic heterocycles. The summed E-state index contributed by atoms with van der Waals surface area (Å²) in [6.45, 7) is 7.12. The van der Waals surface area contributed by atoms with E-state index in [9.17, 15) is 18.0 Å². The highest BCUT2D eigenvalue weighted by molar-refractivity contribution is 7.92. The molecule has 3 aromatic rings. The van der Waals surface area contributed by atoms with E-state index in [0.717, 1.165) is 21.9 Å².